The molecule has 33 heavy (non-hydrogen) atoms. The van der Waals surface area contributed by atoms with Crippen LogP contribution in [0.1, 0.15) is 23.1 Å². The molecule has 1 aliphatic heterocycles. The smallest absolute Gasteiger partial charge is 0.280 e. The average Bonchev–Trinajstić information content (AvgIpc) is 3.22. The van der Waals surface area contributed by atoms with E-state index in [0.717, 1.165) is 11.3 Å². The highest BCUT2D eigenvalue weighted by Crippen LogP contribution is 2.27. The lowest BCUT2D eigenvalue weighted by atomic mass is 10.1. The highest BCUT2D eigenvalue weighted by molar-refractivity contribution is 6.30. The molecule has 3 aromatic heterocycles. The van der Waals surface area contributed by atoms with Crippen molar-refractivity contribution >= 4 is 28.5 Å². The zero-order valence-corrected chi connectivity index (χ0v) is 19.2. The van der Waals surface area contributed by atoms with Crippen molar-refractivity contribution in [1.29, 1.82) is 0 Å². The number of morpholine rings is 1. The van der Waals surface area contributed by atoms with E-state index >= 15 is 0 Å². The minimum atomic E-state index is -0.613. The summed E-state index contributed by atoms with van der Waals surface area (Å²) < 4.78 is 23.9. The molecule has 0 unspecified atom stereocenters. The summed E-state index contributed by atoms with van der Waals surface area (Å²) in [6, 6.07) is 5.94. The number of hydrogen-bond acceptors (Lipinski definition) is 6. The topological polar surface area (TPSA) is 78.1 Å². The summed E-state index contributed by atoms with van der Waals surface area (Å²) >= 11 is 5.95. The minimum absolute atomic E-state index is 0.0749. The quantitative estimate of drug-likeness (QED) is 0.458. The van der Waals surface area contributed by atoms with Crippen molar-refractivity contribution in [2.45, 2.75) is 20.0 Å². The average molecular weight is 469 g/mol. The van der Waals surface area contributed by atoms with Gasteiger partial charge in [-0.2, -0.15) is 5.10 Å². The van der Waals surface area contributed by atoms with Gasteiger partial charge in [-0.25, -0.2) is 14.4 Å². The number of aromatic nitrogens is 5. The largest absolute Gasteiger partial charge is 0.370 e. The number of benzene rings is 1. The Labute approximate surface area is 194 Å². The Kier molecular flexibility index (Phi) is 5.38. The molecular weight excluding hydrogens is 447 g/mol. The van der Waals surface area contributed by atoms with Crippen molar-refractivity contribution in [2.75, 3.05) is 24.6 Å². The number of rotatable bonds is 3. The van der Waals surface area contributed by atoms with Crippen LogP contribution < -0.4 is 10.5 Å². The lowest BCUT2D eigenvalue weighted by molar-refractivity contribution is 0.0396. The van der Waals surface area contributed by atoms with Crippen molar-refractivity contribution in [3.05, 3.63) is 74.8 Å². The number of ether oxygens (including phenoxy) is 1. The highest BCUT2D eigenvalue weighted by Gasteiger charge is 2.27. The van der Waals surface area contributed by atoms with E-state index in [1.165, 1.54) is 16.7 Å². The maximum atomic E-state index is 14.9. The first kappa shape index (κ1) is 21.5. The van der Waals surface area contributed by atoms with E-state index in [4.69, 9.17) is 16.3 Å². The second-order valence-electron chi connectivity index (χ2n) is 8.12. The fraction of sp³-hybridized carbons (Fsp3) is 0.304. The molecule has 4 aromatic rings. The van der Waals surface area contributed by atoms with Gasteiger partial charge in [0.25, 0.3) is 5.56 Å². The fourth-order valence-corrected chi connectivity index (χ4v) is 4.22. The standard InChI is InChI=1S/C23H22ClFN6O2/c1-13-14(2)28-22-18(27-13)9-20(23(32)31(22)19-5-4-16(24)8-17(19)25)30-6-7-33-21(12-30)15-10-26-29(3)11-15/h4-5,8-11,21H,6-7,12H2,1-3H3/t21-/m1/s1. The number of fused-ring (bicyclic) bond motifs is 1. The van der Waals surface area contributed by atoms with Gasteiger partial charge in [0, 0.05) is 36.9 Å². The van der Waals surface area contributed by atoms with Crippen LogP contribution in [0.25, 0.3) is 16.9 Å². The lowest BCUT2D eigenvalue weighted by Gasteiger charge is -2.34. The molecule has 1 atom stereocenters. The number of hydrogen-bond donors (Lipinski definition) is 0. The Bertz CT molecular complexity index is 1430. The van der Waals surface area contributed by atoms with E-state index in [0.29, 0.717) is 42.2 Å². The van der Waals surface area contributed by atoms with Gasteiger partial charge >= 0.3 is 0 Å². The van der Waals surface area contributed by atoms with Crippen LogP contribution in [0.2, 0.25) is 5.02 Å². The van der Waals surface area contributed by atoms with Crippen molar-refractivity contribution in [3.63, 3.8) is 0 Å². The first-order valence-corrected chi connectivity index (χ1v) is 10.9. The molecular formula is C23H22ClFN6O2. The normalized spacial score (nSPS) is 16.5. The Hall–Kier alpha value is -3.30. The highest BCUT2D eigenvalue weighted by atomic mass is 35.5. The van der Waals surface area contributed by atoms with E-state index in [9.17, 15) is 9.18 Å². The molecule has 170 valence electrons. The zero-order chi connectivity index (χ0) is 23.3. The van der Waals surface area contributed by atoms with Crippen LogP contribution in [0.15, 0.2) is 41.5 Å². The van der Waals surface area contributed by atoms with Crippen LogP contribution in [0, 0.1) is 19.7 Å². The molecule has 10 heteroatoms. The van der Waals surface area contributed by atoms with Gasteiger partial charge < -0.3 is 9.64 Å². The Balaban J connectivity index is 1.69. The molecule has 8 nitrogen and oxygen atoms in total. The fourth-order valence-electron chi connectivity index (χ4n) is 4.06. The predicted octanol–water partition coefficient (Wildman–Crippen LogP) is 3.50. The molecule has 0 amide bonds. The second kappa shape index (κ2) is 8.24. The molecule has 0 saturated carbocycles. The van der Waals surface area contributed by atoms with Crippen LogP contribution >= 0.6 is 11.6 Å². The number of pyridine rings is 1. The van der Waals surface area contributed by atoms with Crippen molar-refractivity contribution in [1.82, 2.24) is 24.3 Å². The number of aryl methyl sites for hydroxylation is 3. The van der Waals surface area contributed by atoms with E-state index in [1.807, 2.05) is 32.0 Å². The van der Waals surface area contributed by atoms with Gasteiger partial charge in [0.15, 0.2) is 5.65 Å². The van der Waals surface area contributed by atoms with Crippen molar-refractivity contribution in [2.24, 2.45) is 7.05 Å². The van der Waals surface area contributed by atoms with Crippen LogP contribution in [-0.2, 0) is 11.8 Å². The Morgan fingerprint density at radius 3 is 2.67 bits per heavy atom. The first-order chi connectivity index (χ1) is 15.8. The number of halogens is 2. The summed E-state index contributed by atoms with van der Waals surface area (Å²) in [5, 5.41) is 4.46. The maximum absolute atomic E-state index is 14.9. The van der Waals surface area contributed by atoms with Crippen LogP contribution in [0.5, 0.6) is 0 Å². The molecule has 1 aromatic carbocycles. The van der Waals surface area contributed by atoms with Gasteiger partial charge in [0.1, 0.15) is 23.1 Å². The van der Waals surface area contributed by atoms with Crippen molar-refractivity contribution < 1.29 is 9.13 Å². The molecule has 0 N–H and O–H groups in total. The summed E-state index contributed by atoms with van der Waals surface area (Å²) in [5.41, 5.74) is 3.24. The van der Waals surface area contributed by atoms with E-state index < -0.39 is 5.82 Å². The molecule has 0 bridgehead atoms. The van der Waals surface area contributed by atoms with Gasteiger partial charge in [-0.15, -0.1) is 0 Å². The van der Waals surface area contributed by atoms with Crippen molar-refractivity contribution in [3.8, 4) is 5.69 Å². The monoisotopic (exact) mass is 468 g/mol. The van der Waals surface area contributed by atoms with Gasteiger partial charge in [-0.05, 0) is 38.1 Å². The molecule has 0 radical (unpaired) electrons. The molecule has 1 aliphatic rings. The summed E-state index contributed by atoms with van der Waals surface area (Å²) in [7, 11) is 1.84. The van der Waals surface area contributed by atoms with Gasteiger partial charge in [-0.1, -0.05) is 11.6 Å². The third-order valence-electron chi connectivity index (χ3n) is 5.88. The molecule has 0 aliphatic carbocycles. The second-order valence-corrected chi connectivity index (χ2v) is 8.56. The molecule has 5 rings (SSSR count). The lowest BCUT2D eigenvalue weighted by Crippen LogP contribution is -2.42. The third-order valence-corrected chi connectivity index (χ3v) is 6.11. The van der Waals surface area contributed by atoms with Gasteiger partial charge in [0.05, 0.1) is 29.9 Å². The van der Waals surface area contributed by atoms with Gasteiger partial charge in [0.2, 0.25) is 0 Å². The third kappa shape index (κ3) is 3.87. The molecule has 1 saturated heterocycles. The predicted molar refractivity (Wildman–Crippen MR) is 124 cm³/mol. The Morgan fingerprint density at radius 1 is 1.15 bits per heavy atom. The zero-order valence-electron chi connectivity index (χ0n) is 18.4. The first-order valence-electron chi connectivity index (χ1n) is 10.5. The van der Waals surface area contributed by atoms with E-state index in [1.54, 1.807) is 23.0 Å². The minimum Gasteiger partial charge on any atom is -0.370 e. The van der Waals surface area contributed by atoms with Crippen LogP contribution in [0.3, 0.4) is 0 Å². The molecule has 0 spiro atoms. The van der Waals surface area contributed by atoms with Gasteiger partial charge in [-0.3, -0.25) is 14.0 Å². The summed E-state index contributed by atoms with van der Waals surface area (Å²) in [4.78, 5) is 24.9. The Morgan fingerprint density at radius 2 is 1.94 bits per heavy atom. The molecule has 1 fully saturated rings. The number of nitrogens with zero attached hydrogens (tertiary/aromatic N) is 6. The SMILES string of the molecule is Cc1nc2cc(N3CCO[C@@H](c4cnn(C)c4)C3)c(=O)n(-c3ccc(Cl)cc3F)c2nc1C. The van der Waals surface area contributed by atoms with E-state index in [2.05, 4.69) is 15.1 Å². The summed E-state index contributed by atoms with van der Waals surface area (Å²) in [6.45, 7) is 5.06. The van der Waals surface area contributed by atoms with E-state index in [-0.39, 0.29) is 22.4 Å². The summed E-state index contributed by atoms with van der Waals surface area (Å²) in [6.07, 6.45) is 3.41. The maximum Gasteiger partial charge on any atom is 0.280 e. The van der Waals surface area contributed by atoms with Crippen LogP contribution in [-0.4, -0.2) is 44.0 Å². The molecule has 4 heterocycles. The van der Waals surface area contributed by atoms with Crippen LogP contribution in [0.4, 0.5) is 10.1 Å². The summed E-state index contributed by atoms with van der Waals surface area (Å²) in [5.74, 6) is -0.613. The number of anilines is 1.